The van der Waals surface area contributed by atoms with Gasteiger partial charge in [0.1, 0.15) is 13.2 Å². The van der Waals surface area contributed by atoms with Crippen LogP contribution in [0.3, 0.4) is 0 Å². The molecule has 1 aliphatic heterocycles. The molecule has 1 fully saturated rings. The van der Waals surface area contributed by atoms with Gasteiger partial charge in [-0.2, -0.15) is 0 Å². The molecule has 0 radical (unpaired) electrons. The Hall–Kier alpha value is -3.02. The normalized spacial score (nSPS) is 17.1. The minimum atomic E-state index is -0.995. The predicted octanol–water partition coefficient (Wildman–Crippen LogP) is 3.28. The summed E-state index contributed by atoms with van der Waals surface area (Å²) in [6, 6.07) is 12.4. The molecular formula is C22H23NO5. The summed E-state index contributed by atoms with van der Waals surface area (Å²) >= 11 is 0. The van der Waals surface area contributed by atoms with Gasteiger partial charge < -0.3 is 19.9 Å². The Balaban J connectivity index is 1.54. The highest BCUT2D eigenvalue weighted by atomic mass is 16.6. The Morgan fingerprint density at radius 2 is 1.75 bits per heavy atom. The molecule has 0 saturated heterocycles. The summed E-state index contributed by atoms with van der Waals surface area (Å²) < 4.78 is 11.3. The fourth-order valence-corrected chi connectivity index (χ4v) is 4.12. The molecule has 0 spiro atoms. The maximum atomic E-state index is 12.8. The minimum absolute atomic E-state index is 0.112. The zero-order chi connectivity index (χ0) is 19.6. The summed E-state index contributed by atoms with van der Waals surface area (Å²) in [5, 5.41) is 12.4. The molecule has 0 atom stereocenters. The van der Waals surface area contributed by atoms with Crippen LogP contribution in [0.15, 0.2) is 42.5 Å². The van der Waals surface area contributed by atoms with Gasteiger partial charge in [0.25, 0.3) is 0 Å². The molecule has 0 unspecified atom stereocenters. The molecule has 2 N–H and O–H groups in total. The van der Waals surface area contributed by atoms with Crippen LogP contribution in [0.1, 0.15) is 47.2 Å². The van der Waals surface area contributed by atoms with Gasteiger partial charge in [0.05, 0.1) is 17.5 Å². The molecule has 2 aromatic carbocycles. The van der Waals surface area contributed by atoms with Crippen molar-refractivity contribution in [3.8, 4) is 11.5 Å². The Morgan fingerprint density at radius 1 is 1.00 bits per heavy atom. The van der Waals surface area contributed by atoms with Crippen LogP contribution in [-0.4, -0.2) is 30.2 Å². The lowest BCUT2D eigenvalue weighted by atomic mass is 9.87. The third-order valence-electron chi connectivity index (χ3n) is 5.47. The first-order chi connectivity index (χ1) is 13.6. The quantitative estimate of drug-likeness (QED) is 0.830. The maximum Gasteiger partial charge on any atom is 0.335 e. The zero-order valence-corrected chi connectivity index (χ0v) is 15.6. The summed E-state index contributed by atoms with van der Waals surface area (Å²) in [4.78, 5) is 24.0. The second-order valence-corrected chi connectivity index (χ2v) is 7.38. The molecule has 146 valence electrons. The van der Waals surface area contributed by atoms with E-state index in [9.17, 15) is 9.59 Å². The highest BCUT2D eigenvalue weighted by Gasteiger charge is 2.37. The van der Waals surface area contributed by atoms with E-state index in [-0.39, 0.29) is 17.9 Å². The van der Waals surface area contributed by atoms with Crippen LogP contribution in [0, 0.1) is 0 Å². The maximum absolute atomic E-state index is 12.8. The molecule has 4 rings (SSSR count). The first kappa shape index (κ1) is 18.3. The molecule has 0 aromatic heterocycles. The third-order valence-corrected chi connectivity index (χ3v) is 5.47. The van der Waals surface area contributed by atoms with E-state index in [0.29, 0.717) is 18.8 Å². The molecule has 2 aliphatic rings. The molecule has 6 heteroatoms. The molecule has 0 bridgehead atoms. The van der Waals surface area contributed by atoms with Crippen LogP contribution in [0.25, 0.3) is 0 Å². The molecule has 1 saturated carbocycles. The highest BCUT2D eigenvalue weighted by Crippen LogP contribution is 2.42. The molecule has 1 aliphatic carbocycles. The number of fused-ring (bicyclic) bond motifs is 1. The van der Waals surface area contributed by atoms with Gasteiger partial charge in [0, 0.05) is 0 Å². The second kappa shape index (κ2) is 7.54. The number of hydrogen-bond acceptors (Lipinski definition) is 4. The average Bonchev–Trinajstić information content (AvgIpc) is 3.17. The smallest absolute Gasteiger partial charge is 0.335 e. The highest BCUT2D eigenvalue weighted by molar-refractivity contribution is 5.88. The molecule has 28 heavy (non-hydrogen) atoms. The number of carbonyl (C=O) groups is 2. The van der Waals surface area contributed by atoms with Crippen molar-refractivity contribution in [1.29, 1.82) is 0 Å². The lowest BCUT2D eigenvalue weighted by Crippen LogP contribution is -2.44. The lowest BCUT2D eigenvalue weighted by Gasteiger charge is -2.32. The van der Waals surface area contributed by atoms with Crippen LogP contribution in [0.5, 0.6) is 11.5 Å². The predicted molar refractivity (Wildman–Crippen MR) is 103 cm³/mol. The van der Waals surface area contributed by atoms with E-state index in [1.54, 1.807) is 18.2 Å². The van der Waals surface area contributed by atoms with Crippen molar-refractivity contribution < 1.29 is 24.2 Å². The average molecular weight is 381 g/mol. The van der Waals surface area contributed by atoms with Crippen LogP contribution < -0.4 is 14.8 Å². The standard InChI is InChI=1S/C22H23NO5/c24-20(13-15-4-3-5-16(12-15)21(25)26)23-22(8-1-2-9-22)17-6-7-18-19(14-17)28-11-10-27-18/h3-7,12,14H,1-2,8-11,13H2,(H,23,24)(H,25,26). The monoisotopic (exact) mass is 381 g/mol. The number of ether oxygens (including phenoxy) is 2. The summed E-state index contributed by atoms with van der Waals surface area (Å²) in [7, 11) is 0. The van der Waals surface area contributed by atoms with E-state index in [1.807, 2.05) is 18.2 Å². The van der Waals surface area contributed by atoms with Gasteiger partial charge in [-0.05, 0) is 48.2 Å². The zero-order valence-electron chi connectivity index (χ0n) is 15.6. The van der Waals surface area contributed by atoms with Crippen molar-refractivity contribution in [2.45, 2.75) is 37.6 Å². The van der Waals surface area contributed by atoms with Gasteiger partial charge in [-0.1, -0.05) is 31.0 Å². The largest absolute Gasteiger partial charge is 0.486 e. The van der Waals surface area contributed by atoms with Gasteiger partial charge in [0.2, 0.25) is 5.91 Å². The number of hydrogen-bond donors (Lipinski definition) is 2. The van der Waals surface area contributed by atoms with Gasteiger partial charge in [0.15, 0.2) is 11.5 Å². The van der Waals surface area contributed by atoms with E-state index in [0.717, 1.165) is 42.7 Å². The van der Waals surface area contributed by atoms with E-state index < -0.39 is 11.5 Å². The van der Waals surface area contributed by atoms with E-state index >= 15 is 0 Å². The Kier molecular flexibility index (Phi) is 4.94. The van der Waals surface area contributed by atoms with Crippen molar-refractivity contribution in [3.63, 3.8) is 0 Å². The number of carbonyl (C=O) groups excluding carboxylic acids is 1. The molecular weight excluding hydrogens is 358 g/mol. The fourth-order valence-electron chi connectivity index (χ4n) is 4.12. The van der Waals surface area contributed by atoms with E-state index in [1.165, 1.54) is 6.07 Å². The van der Waals surface area contributed by atoms with E-state index in [4.69, 9.17) is 14.6 Å². The van der Waals surface area contributed by atoms with Crippen molar-refractivity contribution >= 4 is 11.9 Å². The molecule has 1 amide bonds. The van der Waals surface area contributed by atoms with Crippen LogP contribution in [0.4, 0.5) is 0 Å². The number of carboxylic acids is 1. The number of benzene rings is 2. The molecule has 2 aromatic rings. The Labute approximate surface area is 163 Å². The molecule has 1 heterocycles. The van der Waals surface area contributed by atoms with Gasteiger partial charge >= 0.3 is 5.97 Å². The van der Waals surface area contributed by atoms with Crippen molar-refractivity contribution in [2.75, 3.05) is 13.2 Å². The summed E-state index contributed by atoms with van der Waals surface area (Å²) in [6.45, 7) is 1.07. The minimum Gasteiger partial charge on any atom is -0.486 e. The number of carboxylic acid groups (broad SMARTS) is 1. The van der Waals surface area contributed by atoms with Gasteiger partial charge in [-0.25, -0.2) is 4.79 Å². The first-order valence-electron chi connectivity index (χ1n) is 9.59. The number of amides is 1. The van der Waals surface area contributed by atoms with E-state index in [2.05, 4.69) is 5.32 Å². The SMILES string of the molecule is O=C(Cc1cccc(C(=O)O)c1)NC1(c2ccc3c(c2)OCCO3)CCCC1. The number of rotatable bonds is 5. The topological polar surface area (TPSA) is 84.9 Å². The Bertz CT molecular complexity index is 902. The van der Waals surface area contributed by atoms with Gasteiger partial charge in [-0.3, -0.25) is 4.79 Å². The van der Waals surface area contributed by atoms with Crippen LogP contribution >= 0.6 is 0 Å². The van der Waals surface area contributed by atoms with Crippen LogP contribution in [0.2, 0.25) is 0 Å². The van der Waals surface area contributed by atoms with Gasteiger partial charge in [-0.15, -0.1) is 0 Å². The fraction of sp³-hybridized carbons (Fsp3) is 0.364. The van der Waals surface area contributed by atoms with Crippen molar-refractivity contribution in [3.05, 3.63) is 59.2 Å². The lowest BCUT2D eigenvalue weighted by molar-refractivity contribution is -0.122. The summed E-state index contributed by atoms with van der Waals surface area (Å²) in [5.74, 6) is 0.350. The van der Waals surface area contributed by atoms with Crippen LogP contribution in [-0.2, 0) is 16.8 Å². The van der Waals surface area contributed by atoms with Crippen molar-refractivity contribution in [2.24, 2.45) is 0 Å². The summed E-state index contributed by atoms with van der Waals surface area (Å²) in [6.07, 6.45) is 3.97. The first-order valence-corrected chi connectivity index (χ1v) is 9.59. The number of aromatic carboxylic acids is 1. The Morgan fingerprint density at radius 3 is 2.50 bits per heavy atom. The second-order valence-electron chi connectivity index (χ2n) is 7.38. The third kappa shape index (κ3) is 3.67. The number of nitrogens with one attached hydrogen (secondary N) is 1. The summed E-state index contributed by atoms with van der Waals surface area (Å²) in [5.41, 5.74) is 1.49. The van der Waals surface area contributed by atoms with Crippen molar-refractivity contribution in [1.82, 2.24) is 5.32 Å². The molecule has 6 nitrogen and oxygen atoms in total.